The van der Waals surface area contributed by atoms with E-state index in [-0.39, 0.29) is 0 Å². The number of Topliss-reactive ketones (excluding diaryl/α,β-unsaturated/α-hetero) is 1. The molecule has 0 aromatic rings. The van der Waals surface area contributed by atoms with E-state index in [1.165, 1.54) is 38.5 Å². The smallest absolute Gasteiger partial charge is 0.133 e. The fourth-order valence-electron chi connectivity index (χ4n) is 4.24. The van der Waals surface area contributed by atoms with Crippen molar-refractivity contribution in [3.05, 3.63) is 0 Å². The van der Waals surface area contributed by atoms with Gasteiger partial charge in [0.15, 0.2) is 0 Å². The van der Waals surface area contributed by atoms with Crippen molar-refractivity contribution in [2.75, 3.05) is 0 Å². The Morgan fingerprint density at radius 2 is 1.28 bits per heavy atom. The second-order valence-corrected chi connectivity index (χ2v) is 8.49. The second kappa shape index (κ2) is 4.98. The summed E-state index contributed by atoms with van der Waals surface area (Å²) in [4.78, 5) is 12.2. The van der Waals surface area contributed by atoms with Crippen LogP contribution in [0.25, 0.3) is 0 Å². The van der Waals surface area contributed by atoms with Gasteiger partial charge in [-0.25, -0.2) is 0 Å². The summed E-state index contributed by atoms with van der Waals surface area (Å²) in [6, 6.07) is 0. The molecule has 1 nitrogen and oxygen atoms in total. The van der Waals surface area contributed by atoms with Gasteiger partial charge in [0, 0.05) is 12.8 Å². The van der Waals surface area contributed by atoms with Gasteiger partial charge >= 0.3 is 0 Å². The van der Waals surface area contributed by atoms with Gasteiger partial charge in [0.05, 0.1) is 0 Å². The monoisotopic (exact) mass is 250 g/mol. The zero-order valence-corrected chi connectivity index (χ0v) is 12.7. The Morgan fingerprint density at radius 3 is 1.56 bits per heavy atom. The van der Waals surface area contributed by atoms with Crippen molar-refractivity contribution in [1.29, 1.82) is 0 Å². The summed E-state index contributed by atoms with van der Waals surface area (Å²) in [5.74, 6) is 1.91. The third-order valence-corrected chi connectivity index (χ3v) is 5.17. The summed E-state index contributed by atoms with van der Waals surface area (Å²) in [6.45, 7) is 9.38. The Hall–Kier alpha value is -0.330. The van der Waals surface area contributed by atoms with Gasteiger partial charge in [-0.15, -0.1) is 0 Å². The first-order chi connectivity index (χ1) is 8.26. The lowest BCUT2D eigenvalue weighted by molar-refractivity contribution is -0.120. The number of carbonyl (C=O) groups is 1. The van der Waals surface area contributed by atoms with E-state index in [1.807, 2.05) is 0 Å². The zero-order chi connectivity index (χ0) is 13.4. The molecule has 0 N–H and O–H groups in total. The normalized spacial score (nSPS) is 33.8. The minimum absolute atomic E-state index is 0.486. The zero-order valence-electron chi connectivity index (χ0n) is 12.7. The Morgan fingerprint density at radius 1 is 0.889 bits per heavy atom. The van der Waals surface area contributed by atoms with E-state index in [0.29, 0.717) is 28.4 Å². The molecule has 0 radical (unpaired) electrons. The Bertz CT molecular complexity index is 284. The van der Waals surface area contributed by atoms with Crippen molar-refractivity contribution in [1.82, 2.24) is 0 Å². The van der Waals surface area contributed by atoms with E-state index >= 15 is 0 Å². The molecule has 0 aromatic heterocycles. The lowest BCUT2D eigenvalue weighted by atomic mass is 9.87. The number of ketones is 1. The van der Waals surface area contributed by atoms with Crippen molar-refractivity contribution in [3.63, 3.8) is 0 Å². The summed E-state index contributed by atoms with van der Waals surface area (Å²) >= 11 is 0. The molecule has 0 amide bonds. The summed E-state index contributed by atoms with van der Waals surface area (Å²) in [5, 5.41) is 0. The van der Waals surface area contributed by atoms with Crippen molar-refractivity contribution < 1.29 is 4.79 Å². The molecule has 1 heteroatoms. The van der Waals surface area contributed by atoms with E-state index in [4.69, 9.17) is 0 Å². The number of hydrogen-bond acceptors (Lipinski definition) is 1. The number of hydrogen-bond donors (Lipinski definition) is 0. The van der Waals surface area contributed by atoms with Crippen molar-refractivity contribution in [2.24, 2.45) is 22.7 Å². The highest BCUT2D eigenvalue weighted by molar-refractivity contribution is 5.79. The maximum atomic E-state index is 12.2. The molecule has 0 aliphatic heterocycles. The predicted molar refractivity (Wildman–Crippen MR) is 76.5 cm³/mol. The highest BCUT2D eigenvalue weighted by Crippen LogP contribution is 2.44. The topological polar surface area (TPSA) is 17.1 Å². The average molecular weight is 250 g/mol. The Balaban J connectivity index is 1.73. The van der Waals surface area contributed by atoms with Crippen LogP contribution in [0.2, 0.25) is 0 Å². The molecule has 104 valence electrons. The molecule has 2 atom stereocenters. The summed E-state index contributed by atoms with van der Waals surface area (Å²) < 4.78 is 0. The van der Waals surface area contributed by atoms with Crippen LogP contribution in [0.1, 0.15) is 79.1 Å². The minimum atomic E-state index is 0.486. The quantitative estimate of drug-likeness (QED) is 0.687. The SMILES string of the molecule is CC1(C)CCC(CC(=O)CC2CCC(C)(C)C2)C1. The van der Waals surface area contributed by atoms with Crippen LogP contribution in [-0.2, 0) is 4.79 Å². The average Bonchev–Trinajstić information content (AvgIpc) is 2.69. The third kappa shape index (κ3) is 3.83. The van der Waals surface area contributed by atoms with Crippen LogP contribution >= 0.6 is 0 Å². The molecule has 2 aliphatic carbocycles. The standard InChI is InChI=1S/C17H30O/c1-16(2)7-5-13(11-16)9-15(18)10-14-6-8-17(3,4)12-14/h13-14H,5-12H2,1-4H3. The maximum absolute atomic E-state index is 12.2. The third-order valence-electron chi connectivity index (χ3n) is 5.17. The molecule has 0 heterocycles. The molecule has 0 aromatic carbocycles. The van der Waals surface area contributed by atoms with Gasteiger partial charge < -0.3 is 0 Å². The molecule has 0 bridgehead atoms. The van der Waals surface area contributed by atoms with Gasteiger partial charge in [0.1, 0.15) is 5.78 Å². The lowest BCUT2D eigenvalue weighted by Gasteiger charge is -2.18. The maximum Gasteiger partial charge on any atom is 0.133 e. The van der Waals surface area contributed by atoms with Gasteiger partial charge in [-0.3, -0.25) is 4.79 Å². The van der Waals surface area contributed by atoms with E-state index < -0.39 is 0 Å². The van der Waals surface area contributed by atoms with Crippen LogP contribution in [0.4, 0.5) is 0 Å². The number of carbonyl (C=O) groups excluding carboxylic acids is 1. The first-order valence-electron chi connectivity index (χ1n) is 7.77. The van der Waals surface area contributed by atoms with Gasteiger partial charge in [-0.2, -0.15) is 0 Å². The summed E-state index contributed by atoms with van der Waals surface area (Å²) in [6.07, 6.45) is 9.40. The van der Waals surface area contributed by atoms with Crippen molar-refractivity contribution >= 4 is 5.78 Å². The molecular weight excluding hydrogens is 220 g/mol. The summed E-state index contributed by atoms with van der Waals surface area (Å²) in [7, 11) is 0. The fraction of sp³-hybridized carbons (Fsp3) is 0.941. The van der Waals surface area contributed by atoms with E-state index in [0.717, 1.165) is 12.8 Å². The molecule has 2 fully saturated rings. The minimum Gasteiger partial charge on any atom is -0.300 e. The van der Waals surface area contributed by atoms with Gasteiger partial charge in [-0.05, 0) is 61.2 Å². The van der Waals surface area contributed by atoms with Crippen LogP contribution in [0.5, 0.6) is 0 Å². The van der Waals surface area contributed by atoms with Crippen LogP contribution in [-0.4, -0.2) is 5.78 Å². The molecule has 18 heavy (non-hydrogen) atoms. The first kappa shape index (κ1) is 14.1. The van der Waals surface area contributed by atoms with Gasteiger partial charge in [-0.1, -0.05) is 27.7 Å². The predicted octanol–water partition coefficient (Wildman–Crippen LogP) is 4.99. The van der Waals surface area contributed by atoms with Crippen LogP contribution in [0.15, 0.2) is 0 Å². The summed E-state index contributed by atoms with van der Waals surface area (Å²) in [5.41, 5.74) is 0.973. The molecule has 0 saturated heterocycles. The second-order valence-electron chi connectivity index (χ2n) is 8.49. The van der Waals surface area contributed by atoms with Crippen LogP contribution in [0, 0.1) is 22.7 Å². The largest absolute Gasteiger partial charge is 0.300 e. The lowest BCUT2D eigenvalue weighted by Crippen LogP contribution is -2.12. The number of rotatable bonds is 4. The highest BCUT2D eigenvalue weighted by Gasteiger charge is 2.34. The van der Waals surface area contributed by atoms with Gasteiger partial charge in [0.2, 0.25) is 0 Å². The Labute approximate surface area is 113 Å². The van der Waals surface area contributed by atoms with E-state index in [1.54, 1.807) is 0 Å². The highest BCUT2D eigenvalue weighted by atomic mass is 16.1. The first-order valence-corrected chi connectivity index (χ1v) is 7.77. The fourth-order valence-corrected chi connectivity index (χ4v) is 4.24. The van der Waals surface area contributed by atoms with E-state index in [9.17, 15) is 4.79 Å². The molecule has 2 aliphatic rings. The van der Waals surface area contributed by atoms with Gasteiger partial charge in [0.25, 0.3) is 0 Å². The molecule has 0 spiro atoms. The van der Waals surface area contributed by atoms with Crippen LogP contribution in [0.3, 0.4) is 0 Å². The van der Waals surface area contributed by atoms with Crippen LogP contribution < -0.4 is 0 Å². The molecular formula is C17H30O. The molecule has 2 saturated carbocycles. The molecule has 2 rings (SSSR count). The van der Waals surface area contributed by atoms with Crippen molar-refractivity contribution in [2.45, 2.75) is 79.1 Å². The van der Waals surface area contributed by atoms with E-state index in [2.05, 4.69) is 27.7 Å². The molecule has 2 unspecified atom stereocenters. The Kier molecular flexibility index (Phi) is 3.90. The van der Waals surface area contributed by atoms with Crippen molar-refractivity contribution in [3.8, 4) is 0 Å².